The maximum Gasteiger partial charge on any atom is 0.250 e. The summed E-state index contributed by atoms with van der Waals surface area (Å²) in [5.74, 6) is -0.150. The van der Waals surface area contributed by atoms with Gasteiger partial charge in [-0.3, -0.25) is 9.59 Å². The fourth-order valence-corrected chi connectivity index (χ4v) is 2.63. The van der Waals surface area contributed by atoms with Crippen LogP contribution in [0.4, 0.5) is 5.69 Å². The lowest BCUT2D eigenvalue weighted by Crippen LogP contribution is -2.29. The predicted molar refractivity (Wildman–Crippen MR) is 81.0 cm³/mol. The van der Waals surface area contributed by atoms with E-state index in [1.165, 1.54) is 19.3 Å². The van der Waals surface area contributed by atoms with E-state index in [4.69, 9.17) is 10.5 Å². The average Bonchev–Trinajstić information content (AvgIpc) is 2.47. The van der Waals surface area contributed by atoms with E-state index >= 15 is 0 Å². The summed E-state index contributed by atoms with van der Waals surface area (Å²) in [6, 6.07) is 6.48. The number of ether oxygens (including phenoxy) is 1. The van der Waals surface area contributed by atoms with Crippen LogP contribution in [-0.4, -0.2) is 24.5 Å². The number of hydrogen-bond acceptors (Lipinski definition) is 3. The molecule has 0 aromatic heterocycles. The number of carbonyl (C=O) groups excluding carboxylic acids is 2. The summed E-state index contributed by atoms with van der Waals surface area (Å²) >= 11 is 0. The minimum Gasteiger partial charge on any atom is -0.368 e. The first-order valence-electron chi connectivity index (χ1n) is 7.37. The van der Waals surface area contributed by atoms with Crippen molar-refractivity contribution in [1.29, 1.82) is 0 Å². The maximum atomic E-state index is 11.9. The number of amides is 2. The van der Waals surface area contributed by atoms with Crippen molar-refractivity contribution in [3.63, 3.8) is 0 Å². The van der Waals surface area contributed by atoms with E-state index in [0.717, 1.165) is 6.42 Å². The van der Waals surface area contributed by atoms with Crippen LogP contribution in [0.3, 0.4) is 0 Å². The van der Waals surface area contributed by atoms with Crippen LogP contribution in [0.25, 0.3) is 0 Å². The highest BCUT2D eigenvalue weighted by Crippen LogP contribution is 2.26. The molecule has 1 aromatic carbocycles. The Bertz CT molecular complexity index is 499. The first-order valence-corrected chi connectivity index (χ1v) is 7.37. The van der Waals surface area contributed by atoms with Gasteiger partial charge in [-0.2, -0.15) is 0 Å². The quantitative estimate of drug-likeness (QED) is 0.873. The van der Waals surface area contributed by atoms with Gasteiger partial charge < -0.3 is 15.8 Å². The molecule has 0 heterocycles. The van der Waals surface area contributed by atoms with Crippen molar-refractivity contribution >= 4 is 17.5 Å². The molecule has 1 aromatic rings. The lowest BCUT2D eigenvalue weighted by atomic mass is 9.88. The van der Waals surface area contributed by atoms with Gasteiger partial charge in [0.2, 0.25) is 11.8 Å². The van der Waals surface area contributed by atoms with Crippen molar-refractivity contribution in [2.75, 3.05) is 11.9 Å². The van der Waals surface area contributed by atoms with E-state index in [0.29, 0.717) is 17.2 Å². The van der Waals surface area contributed by atoms with Gasteiger partial charge in [-0.1, -0.05) is 19.8 Å². The van der Waals surface area contributed by atoms with Crippen LogP contribution in [0.2, 0.25) is 0 Å². The number of nitrogens with two attached hydrogens (primary N) is 1. The molecule has 5 nitrogen and oxygen atoms in total. The Balaban J connectivity index is 1.80. The topological polar surface area (TPSA) is 81.4 Å². The van der Waals surface area contributed by atoms with Gasteiger partial charge in [-0.15, -0.1) is 0 Å². The van der Waals surface area contributed by atoms with Gasteiger partial charge in [-0.25, -0.2) is 0 Å². The second kappa shape index (κ2) is 7.22. The second-order valence-corrected chi connectivity index (χ2v) is 5.60. The average molecular weight is 290 g/mol. The van der Waals surface area contributed by atoms with Crippen molar-refractivity contribution in [1.82, 2.24) is 0 Å². The molecule has 0 saturated heterocycles. The molecule has 2 atom stereocenters. The van der Waals surface area contributed by atoms with E-state index in [1.54, 1.807) is 24.3 Å². The zero-order chi connectivity index (χ0) is 15.2. The summed E-state index contributed by atoms with van der Waals surface area (Å²) < 4.78 is 5.71. The van der Waals surface area contributed by atoms with Gasteiger partial charge in [-0.05, 0) is 43.0 Å². The highest BCUT2D eigenvalue weighted by molar-refractivity contribution is 5.95. The first kappa shape index (κ1) is 15.5. The van der Waals surface area contributed by atoms with Gasteiger partial charge in [0.1, 0.15) is 6.61 Å². The molecule has 1 fully saturated rings. The molecule has 2 rings (SSSR count). The molecule has 0 bridgehead atoms. The summed E-state index contributed by atoms with van der Waals surface area (Å²) in [6.07, 6.45) is 4.80. The standard InChI is InChI=1S/C16H22N2O3/c1-11-4-2-3-5-14(11)21-10-15(19)18-13-8-6-12(7-9-13)16(17)20/h6-9,11,14H,2-5,10H2,1H3,(H2,17,20)(H,18,19). The van der Waals surface area contributed by atoms with Crippen LogP contribution < -0.4 is 11.1 Å². The van der Waals surface area contributed by atoms with E-state index < -0.39 is 5.91 Å². The Morgan fingerprint density at radius 3 is 2.52 bits per heavy atom. The van der Waals surface area contributed by atoms with Crippen molar-refractivity contribution in [3.8, 4) is 0 Å². The minimum absolute atomic E-state index is 0.0621. The molecule has 1 saturated carbocycles. The Morgan fingerprint density at radius 1 is 1.24 bits per heavy atom. The van der Waals surface area contributed by atoms with Gasteiger partial charge in [0.25, 0.3) is 0 Å². The van der Waals surface area contributed by atoms with Crippen LogP contribution in [-0.2, 0) is 9.53 Å². The van der Waals surface area contributed by atoms with Gasteiger partial charge in [0.15, 0.2) is 0 Å². The predicted octanol–water partition coefficient (Wildman–Crippen LogP) is 2.32. The molecule has 0 spiro atoms. The molecule has 3 N–H and O–H groups in total. The molecule has 2 unspecified atom stereocenters. The Labute approximate surface area is 124 Å². The molecule has 1 aliphatic rings. The fourth-order valence-electron chi connectivity index (χ4n) is 2.63. The largest absolute Gasteiger partial charge is 0.368 e. The third-order valence-corrected chi connectivity index (χ3v) is 3.91. The van der Waals surface area contributed by atoms with Crippen LogP contribution in [0.15, 0.2) is 24.3 Å². The van der Waals surface area contributed by atoms with Crippen LogP contribution in [0.1, 0.15) is 43.0 Å². The zero-order valence-electron chi connectivity index (χ0n) is 12.3. The van der Waals surface area contributed by atoms with Crippen LogP contribution >= 0.6 is 0 Å². The molecular formula is C16H22N2O3. The van der Waals surface area contributed by atoms with Gasteiger partial charge >= 0.3 is 0 Å². The number of carbonyl (C=O) groups is 2. The minimum atomic E-state index is -0.484. The summed E-state index contributed by atoms with van der Waals surface area (Å²) in [6.45, 7) is 2.23. The van der Waals surface area contributed by atoms with Crippen molar-refractivity contribution in [2.24, 2.45) is 11.7 Å². The van der Waals surface area contributed by atoms with E-state index in [2.05, 4.69) is 12.2 Å². The third-order valence-electron chi connectivity index (χ3n) is 3.91. The van der Waals surface area contributed by atoms with Gasteiger partial charge in [0, 0.05) is 11.3 Å². The highest BCUT2D eigenvalue weighted by Gasteiger charge is 2.22. The molecule has 5 heteroatoms. The number of primary amides is 1. The highest BCUT2D eigenvalue weighted by atomic mass is 16.5. The third kappa shape index (κ3) is 4.56. The fraction of sp³-hybridized carbons (Fsp3) is 0.500. The van der Waals surface area contributed by atoms with Crippen LogP contribution in [0.5, 0.6) is 0 Å². The Morgan fingerprint density at radius 2 is 1.90 bits per heavy atom. The molecular weight excluding hydrogens is 268 g/mol. The van der Waals surface area contributed by atoms with Gasteiger partial charge in [0.05, 0.1) is 6.10 Å². The molecule has 1 aliphatic carbocycles. The van der Waals surface area contributed by atoms with Crippen molar-refractivity contribution in [2.45, 2.75) is 38.7 Å². The number of hydrogen-bond donors (Lipinski definition) is 2. The Hall–Kier alpha value is -1.88. The summed E-state index contributed by atoms with van der Waals surface area (Å²) in [5, 5.41) is 2.75. The monoisotopic (exact) mass is 290 g/mol. The number of nitrogens with one attached hydrogen (secondary N) is 1. The van der Waals surface area contributed by atoms with E-state index in [9.17, 15) is 9.59 Å². The number of rotatable bonds is 5. The SMILES string of the molecule is CC1CCCCC1OCC(=O)Nc1ccc(C(N)=O)cc1. The molecule has 21 heavy (non-hydrogen) atoms. The summed E-state index contributed by atoms with van der Waals surface area (Å²) in [7, 11) is 0. The smallest absolute Gasteiger partial charge is 0.250 e. The van der Waals surface area contributed by atoms with E-state index in [-0.39, 0.29) is 18.6 Å². The number of anilines is 1. The summed E-state index contributed by atoms with van der Waals surface area (Å²) in [5.41, 5.74) is 6.21. The molecule has 2 amide bonds. The lowest BCUT2D eigenvalue weighted by molar-refractivity contribution is -0.124. The lowest BCUT2D eigenvalue weighted by Gasteiger charge is -2.28. The molecule has 114 valence electrons. The van der Waals surface area contributed by atoms with E-state index in [1.807, 2.05) is 0 Å². The van der Waals surface area contributed by atoms with Crippen molar-refractivity contribution in [3.05, 3.63) is 29.8 Å². The normalized spacial score (nSPS) is 21.8. The molecule has 0 radical (unpaired) electrons. The zero-order valence-corrected chi connectivity index (χ0v) is 12.3. The summed E-state index contributed by atoms with van der Waals surface area (Å²) in [4.78, 5) is 22.8. The maximum absolute atomic E-state index is 11.9. The van der Waals surface area contributed by atoms with Crippen molar-refractivity contribution < 1.29 is 14.3 Å². The first-order chi connectivity index (χ1) is 10.1. The Kier molecular flexibility index (Phi) is 5.33. The second-order valence-electron chi connectivity index (χ2n) is 5.60. The number of benzene rings is 1. The van der Waals surface area contributed by atoms with Crippen LogP contribution in [0, 0.1) is 5.92 Å². The molecule has 0 aliphatic heterocycles.